The minimum atomic E-state index is -0.508. The Kier molecular flexibility index (Phi) is 5.07. The molecule has 0 radical (unpaired) electrons. The second kappa shape index (κ2) is 6.61. The number of carbonyl (C=O) groups excluding carboxylic acids is 1. The van der Waals surface area contributed by atoms with Crippen molar-refractivity contribution in [3.63, 3.8) is 0 Å². The van der Waals surface area contributed by atoms with Crippen molar-refractivity contribution in [2.75, 3.05) is 37.8 Å². The molecule has 0 aromatic heterocycles. The van der Waals surface area contributed by atoms with Crippen molar-refractivity contribution in [2.45, 2.75) is 24.3 Å². The van der Waals surface area contributed by atoms with Gasteiger partial charge in [0, 0.05) is 11.4 Å². The number of aliphatic hydroxyl groups is 1. The SMILES string of the molecule is CC(O)c1ccc2c(c1)N(CCCN(C)C)C(=O)CS2. The first-order valence-corrected chi connectivity index (χ1v) is 7.87. The zero-order valence-corrected chi connectivity index (χ0v) is 13.1. The summed E-state index contributed by atoms with van der Waals surface area (Å²) in [5, 5.41) is 9.71. The molecule has 110 valence electrons. The van der Waals surface area contributed by atoms with Crippen LogP contribution in [-0.4, -0.2) is 48.9 Å². The Morgan fingerprint density at radius 3 is 2.85 bits per heavy atom. The molecule has 0 spiro atoms. The summed E-state index contributed by atoms with van der Waals surface area (Å²) in [7, 11) is 4.07. The van der Waals surface area contributed by atoms with E-state index in [2.05, 4.69) is 4.90 Å². The lowest BCUT2D eigenvalue weighted by atomic mass is 10.1. The van der Waals surface area contributed by atoms with Gasteiger partial charge in [-0.3, -0.25) is 4.79 Å². The largest absolute Gasteiger partial charge is 0.389 e. The van der Waals surface area contributed by atoms with Crippen LogP contribution in [0.25, 0.3) is 0 Å². The fourth-order valence-corrected chi connectivity index (χ4v) is 3.19. The van der Waals surface area contributed by atoms with Crippen molar-refractivity contribution >= 4 is 23.4 Å². The summed E-state index contributed by atoms with van der Waals surface area (Å²) in [6.45, 7) is 3.44. The molecule has 0 fully saturated rings. The second-order valence-electron chi connectivity index (χ2n) is 5.39. The number of rotatable bonds is 5. The van der Waals surface area contributed by atoms with Gasteiger partial charge in [0.1, 0.15) is 0 Å². The van der Waals surface area contributed by atoms with Crippen LogP contribution >= 0.6 is 11.8 Å². The van der Waals surface area contributed by atoms with E-state index < -0.39 is 6.10 Å². The molecule has 0 aliphatic carbocycles. The van der Waals surface area contributed by atoms with Crippen molar-refractivity contribution in [1.29, 1.82) is 0 Å². The number of nitrogens with zero attached hydrogens (tertiary/aromatic N) is 2. The maximum absolute atomic E-state index is 12.1. The molecule has 1 aliphatic rings. The van der Waals surface area contributed by atoms with Gasteiger partial charge < -0.3 is 14.9 Å². The third kappa shape index (κ3) is 3.53. The number of benzene rings is 1. The number of thioether (sulfide) groups is 1. The molecule has 20 heavy (non-hydrogen) atoms. The number of amides is 1. The lowest BCUT2D eigenvalue weighted by Gasteiger charge is -2.30. The van der Waals surface area contributed by atoms with E-state index in [1.54, 1.807) is 18.7 Å². The number of carbonyl (C=O) groups is 1. The standard InChI is InChI=1S/C15H22N2O2S/c1-11(18)12-5-6-14-13(9-12)17(15(19)10-20-14)8-4-7-16(2)3/h5-6,9,11,18H,4,7-8,10H2,1-3H3. The zero-order chi connectivity index (χ0) is 14.7. The topological polar surface area (TPSA) is 43.8 Å². The molecule has 5 heteroatoms. The van der Waals surface area contributed by atoms with E-state index in [4.69, 9.17) is 0 Å². The maximum atomic E-state index is 12.1. The third-order valence-corrected chi connectivity index (χ3v) is 4.44. The molecule has 0 bridgehead atoms. The van der Waals surface area contributed by atoms with Gasteiger partial charge in [0.05, 0.1) is 17.5 Å². The summed E-state index contributed by atoms with van der Waals surface area (Å²) in [5.74, 6) is 0.659. The van der Waals surface area contributed by atoms with Crippen LogP contribution in [0.5, 0.6) is 0 Å². The van der Waals surface area contributed by atoms with Gasteiger partial charge in [-0.15, -0.1) is 11.8 Å². The van der Waals surface area contributed by atoms with Crippen LogP contribution in [0, 0.1) is 0 Å². The van der Waals surface area contributed by atoms with E-state index in [9.17, 15) is 9.90 Å². The van der Waals surface area contributed by atoms with Gasteiger partial charge in [-0.1, -0.05) is 6.07 Å². The average Bonchev–Trinajstić information content (AvgIpc) is 2.40. The maximum Gasteiger partial charge on any atom is 0.237 e. The van der Waals surface area contributed by atoms with Crippen LogP contribution in [0.4, 0.5) is 5.69 Å². The van der Waals surface area contributed by atoms with E-state index in [-0.39, 0.29) is 5.91 Å². The fraction of sp³-hybridized carbons (Fsp3) is 0.533. The molecular weight excluding hydrogens is 272 g/mol. The van der Waals surface area contributed by atoms with Gasteiger partial charge in [-0.2, -0.15) is 0 Å². The van der Waals surface area contributed by atoms with Crippen molar-refractivity contribution in [1.82, 2.24) is 4.90 Å². The highest BCUT2D eigenvalue weighted by Gasteiger charge is 2.25. The predicted molar refractivity (Wildman–Crippen MR) is 83.3 cm³/mol. The van der Waals surface area contributed by atoms with Crippen molar-refractivity contribution in [3.05, 3.63) is 23.8 Å². The Labute approximate surface area is 124 Å². The molecule has 1 amide bonds. The molecule has 1 aromatic carbocycles. The molecule has 1 heterocycles. The smallest absolute Gasteiger partial charge is 0.237 e. The first-order valence-electron chi connectivity index (χ1n) is 6.89. The van der Waals surface area contributed by atoms with Gasteiger partial charge in [-0.25, -0.2) is 0 Å². The first-order chi connectivity index (χ1) is 9.49. The summed E-state index contributed by atoms with van der Waals surface area (Å²) in [5.41, 5.74) is 1.81. The van der Waals surface area contributed by atoms with Crippen LogP contribution in [0.2, 0.25) is 0 Å². The van der Waals surface area contributed by atoms with Crippen LogP contribution in [0.3, 0.4) is 0 Å². The van der Waals surface area contributed by atoms with Gasteiger partial charge >= 0.3 is 0 Å². The Balaban J connectivity index is 2.20. The Morgan fingerprint density at radius 2 is 2.20 bits per heavy atom. The van der Waals surface area contributed by atoms with E-state index in [1.807, 2.05) is 37.2 Å². The normalized spacial score (nSPS) is 16.4. The third-order valence-electron chi connectivity index (χ3n) is 3.40. The molecule has 1 N–H and O–H groups in total. The van der Waals surface area contributed by atoms with Crippen LogP contribution in [0.15, 0.2) is 23.1 Å². The minimum absolute atomic E-state index is 0.156. The summed E-state index contributed by atoms with van der Waals surface area (Å²) >= 11 is 1.58. The molecule has 1 aromatic rings. The van der Waals surface area contributed by atoms with E-state index in [0.29, 0.717) is 5.75 Å². The second-order valence-corrected chi connectivity index (χ2v) is 6.41. The number of anilines is 1. The highest BCUT2D eigenvalue weighted by atomic mass is 32.2. The van der Waals surface area contributed by atoms with Gasteiger partial charge in [0.15, 0.2) is 0 Å². The van der Waals surface area contributed by atoms with Gasteiger partial charge in [0.2, 0.25) is 5.91 Å². The summed E-state index contributed by atoms with van der Waals surface area (Å²) in [6.07, 6.45) is 0.438. The summed E-state index contributed by atoms with van der Waals surface area (Å²) in [6, 6.07) is 5.89. The zero-order valence-electron chi connectivity index (χ0n) is 12.3. The van der Waals surface area contributed by atoms with E-state index >= 15 is 0 Å². The van der Waals surface area contributed by atoms with Crippen molar-refractivity contribution in [3.8, 4) is 0 Å². The summed E-state index contributed by atoms with van der Waals surface area (Å²) in [4.78, 5) is 17.3. The lowest BCUT2D eigenvalue weighted by molar-refractivity contribution is -0.116. The van der Waals surface area contributed by atoms with Crippen molar-refractivity contribution < 1.29 is 9.90 Å². The molecule has 2 rings (SSSR count). The molecule has 4 nitrogen and oxygen atoms in total. The van der Waals surface area contributed by atoms with Crippen LogP contribution < -0.4 is 4.90 Å². The number of hydrogen-bond acceptors (Lipinski definition) is 4. The van der Waals surface area contributed by atoms with E-state index in [0.717, 1.165) is 35.7 Å². The fourth-order valence-electron chi connectivity index (χ4n) is 2.27. The monoisotopic (exact) mass is 294 g/mol. The average molecular weight is 294 g/mol. The highest BCUT2D eigenvalue weighted by Crippen LogP contribution is 2.37. The van der Waals surface area contributed by atoms with Crippen LogP contribution in [0.1, 0.15) is 25.0 Å². The van der Waals surface area contributed by atoms with Gasteiger partial charge in [-0.05, 0) is 51.7 Å². The predicted octanol–water partition coefficient (Wildman–Crippen LogP) is 2.13. The van der Waals surface area contributed by atoms with Crippen molar-refractivity contribution in [2.24, 2.45) is 0 Å². The Bertz CT molecular complexity index is 489. The molecule has 1 atom stereocenters. The molecule has 1 unspecified atom stereocenters. The molecule has 1 aliphatic heterocycles. The number of hydrogen-bond donors (Lipinski definition) is 1. The minimum Gasteiger partial charge on any atom is -0.389 e. The highest BCUT2D eigenvalue weighted by molar-refractivity contribution is 8.00. The van der Waals surface area contributed by atoms with E-state index in [1.165, 1.54) is 0 Å². The molecular formula is C15H22N2O2S. The molecule has 0 saturated carbocycles. The van der Waals surface area contributed by atoms with Gasteiger partial charge in [0.25, 0.3) is 0 Å². The number of aliphatic hydroxyl groups excluding tert-OH is 1. The Hall–Kier alpha value is -1.04. The Morgan fingerprint density at radius 1 is 1.45 bits per heavy atom. The quantitative estimate of drug-likeness (QED) is 0.903. The molecule has 0 saturated heterocycles. The first kappa shape index (κ1) is 15.4. The van der Waals surface area contributed by atoms with Crippen LogP contribution in [-0.2, 0) is 4.79 Å². The summed E-state index contributed by atoms with van der Waals surface area (Å²) < 4.78 is 0. The lowest BCUT2D eigenvalue weighted by Crippen LogP contribution is -2.37. The number of fused-ring (bicyclic) bond motifs is 1.